The summed E-state index contributed by atoms with van der Waals surface area (Å²) in [5.74, 6) is -0.547. The normalized spacial score (nSPS) is 19.5. The summed E-state index contributed by atoms with van der Waals surface area (Å²) in [6.45, 7) is 2.04. The van der Waals surface area contributed by atoms with Crippen molar-refractivity contribution in [2.24, 2.45) is 5.73 Å². The summed E-state index contributed by atoms with van der Waals surface area (Å²) in [5.41, 5.74) is 8.55. The summed E-state index contributed by atoms with van der Waals surface area (Å²) in [7, 11) is 1.36. The van der Waals surface area contributed by atoms with Gasteiger partial charge in [0, 0.05) is 49.4 Å². The fourth-order valence-corrected chi connectivity index (χ4v) is 4.74. The van der Waals surface area contributed by atoms with Crippen molar-refractivity contribution in [1.82, 2.24) is 10.2 Å². The number of nitrogens with one attached hydrogen (secondary N) is 2. The average Bonchev–Trinajstić information content (AvgIpc) is 2.94. The van der Waals surface area contributed by atoms with E-state index in [1.807, 2.05) is 12.1 Å². The Morgan fingerprint density at radius 1 is 0.946 bits per heavy atom. The van der Waals surface area contributed by atoms with E-state index in [-0.39, 0.29) is 30.0 Å². The summed E-state index contributed by atoms with van der Waals surface area (Å²) in [5, 5.41) is 15.1. The van der Waals surface area contributed by atoms with E-state index in [1.54, 1.807) is 41.3 Å². The number of rotatable bonds is 5. The molecule has 1 aliphatic heterocycles. The molecule has 2 aliphatic rings. The van der Waals surface area contributed by atoms with Crippen molar-refractivity contribution in [2.75, 3.05) is 43.5 Å². The van der Waals surface area contributed by atoms with Gasteiger partial charge in [-0.2, -0.15) is 5.26 Å². The number of amides is 3. The van der Waals surface area contributed by atoms with Crippen LogP contribution >= 0.6 is 0 Å². The molecule has 0 spiro atoms. The summed E-state index contributed by atoms with van der Waals surface area (Å²) in [4.78, 5) is 41.7. The third-order valence-corrected chi connectivity index (χ3v) is 6.94. The lowest BCUT2D eigenvalue weighted by Gasteiger charge is -2.36. The number of carbonyl (C=O) groups is 3. The van der Waals surface area contributed by atoms with Crippen molar-refractivity contribution < 1.29 is 19.1 Å². The van der Waals surface area contributed by atoms with Crippen LogP contribution in [0.3, 0.4) is 0 Å². The van der Waals surface area contributed by atoms with E-state index in [1.165, 1.54) is 7.11 Å². The Morgan fingerprint density at radius 3 is 2.22 bits per heavy atom. The number of benzene rings is 2. The Kier molecular flexibility index (Phi) is 8.25. The molecule has 194 valence electrons. The summed E-state index contributed by atoms with van der Waals surface area (Å²) in [6, 6.07) is 13.9. The van der Waals surface area contributed by atoms with Crippen LogP contribution in [0.5, 0.6) is 0 Å². The van der Waals surface area contributed by atoms with E-state index >= 15 is 0 Å². The number of carbonyl (C=O) groups excluding carboxylic acids is 3. The maximum absolute atomic E-state index is 13.1. The van der Waals surface area contributed by atoms with Crippen molar-refractivity contribution in [2.45, 2.75) is 37.8 Å². The average molecular weight is 505 g/mol. The number of nitriles is 1. The zero-order valence-electron chi connectivity index (χ0n) is 20.9. The summed E-state index contributed by atoms with van der Waals surface area (Å²) in [6.07, 6.45) is 3.08. The molecule has 3 amide bonds. The molecule has 2 aromatic carbocycles. The standard InChI is InChI=1S/C27H32N6O4/c1-37-27(36)33-14-12-32(13-15-33)24-11-6-20(26(35)30-22-9-7-21(29)8-10-22)16-23(24)31-25(34)19-4-2-18(17-28)3-5-19/h2-6,11,16,21-22H,7-10,12-15,29H2,1H3,(H,30,35)(H,31,34). The Morgan fingerprint density at radius 2 is 1.59 bits per heavy atom. The van der Waals surface area contributed by atoms with E-state index in [2.05, 4.69) is 15.5 Å². The largest absolute Gasteiger partial charge is 0.453 e. The quantitative estimate of drug-likeness (QED) is 0.568. The molecule has 4 N–H and O–H groups in total. The van der Waals surface area contributed by atoms with E-state index in [0.717, 1.165) is 31.4 Å². The molecular formula is C27H32N6O4. The van der Waals surface area contributed by atoms with Gasteiger partial charge in [-0.15, -0.1) is 0 Å². The Bertz CT molecular complexity index is 1180. The number of nitrogens with zero attached hydrogens (tertiary/aromatic N) is 3. The number of piperazine rings is 1. The molecule has 1 aliphatic carbocycles. The van der Waals surface area contributed by atoms with Crippen LogP contribution < -0.4 is 21.3 Å². The van der Waals surface area contributed by atoms with Crippen molar-refractivity contribution in [3.05, 3.63) is 59.2 Å². The molecule has 1 heterocycles. The van der Waals surface area contributed by atoms with Gasteiger partial charge in [0.05, 0.1) is 30.1 Å². The van der Waals surface area contributed by atoms with Gasteiger partial charge in [0.15, 0.2) is 0 Å². The minimum atomic E-state index is -0.371. The SMILES string of the molecule is COC(=O)N1CCN(c2ccc(C(=O)NC3CCC(N)CC3)cc2NC(=O)c2ccc(C#N)cc2)CC1. The first kappa shape index (κ1) is 26.0. The van der Waals surface area contributed by atoms with E-state index in [9.17, 15) is 14.4 Å². The van der Waals surface area contributed by atoms with Crippen LogP contribution in [-0.2, 0) is 4.74 Å². The fourth-order valence-electron chi connectivity index (χ4n) is 4.74. The van der Waals surface area contributed by atoms with E-state index < -0.39 is 0 Å². The van der Waals surface area contributed by atoms with Crippen molar-refractivity contribution >= 4 is 29.3 Å². The molecule has 1 saturated carbocycles. The molecule has 0 unspecified atom stereocenters. The molecule has 37 heavy (non-hydrogen) atoms. The van der Waals surface area contributed by atoms with Gasteiger partial charge in [-0.05, 0) is 68.1 Å². The van der Waals surface area contributed by atoms with Gasteiger partial charge >= 0.3 is 6.09 Å². The topological polar surface area (TPSA) is 141 Å². The Hall–Kier alpha value is -4.10. The van der Waals surface area contributed by atoms with Gasteiger partial charge in [0.2, 0.25) is 0 Å². The first-order valence-corrected chi connectivity index (χ1v) is 12.5. The van der Waals surface area contributed by atoms with E-state index in [0.29, 0.717) is 48.6 Å². The molecule has 4 rings (SSSR count). The molecule has 0 bridgehead atoms. The Labute approximate surface area is 216 Å². The molecule has 1 saturated heterocycles. The van der Waals surface area contributed by atoms with Gasteiger partial charge in [0.1, 0.15) is 0 Å². The fraction of sp³-hybridized carbons (Fsp3) is 0.407. The minimum absolute atomic E-state index is 0.0788. The molecule has 0 aromatic heterocycles. The third-order valence-electron chi connectivity index (χ3n) is 6.94. The molecule has 2 aromatic rings. The molecular weight excluding hydrogens is 472 g/mol. The zero-order valence-corrected chi connectivity index (χ0v) is 20.9. The number of ether oxygens (including phenoxy) is 1. The van der Waals surface area contributed by atoms with Crippen LogP contribution in [0, 0.1) is 11.3 Å². The number of hydrogen-bond donors (Lipinski definition) is 3. The van der Waals surface area contributed by atoms with Gasteiger partial charge in [-0.25, -0.2) is 4.79 Å². The second-order valence-electron chi connectivity index (χ2n) is 9.40. The molecule has 0 atom stereocenters. The van der Waals surface area contributed by atoms with Crippen LogP contribution in [0.25, 0.3) is 0 Å². The predicted octanol–water partition coefficient (Wildman–Crippen LogP) is 2.70. The first-order chi connectivity index (χ1) is 17.9. The maximum atomic E-state index is 13.1. The lowest BCUT2D eigenvalue weighted by atomic mass is 9.91. The Balaban J connectivity index is 1.55. The van der Waals surface area contributed by atoms with Crippen molar-refractivity contribution in [3.63, 3.8) is 0 Å². The number of nitrogens with two attached hydrogens (primary N) is 1. The monoisotopic (exact) mass is 504 g/mol. The zero-order chi connectivity index (χ0) is 26.4. The van der Waals surface area contributed by atoms with Gasteiger partial charge in [-0.1, -0.05) is 0 Å². The first-order valence-electron chi connectivity index (χ1n) is 12.5. The number of methoxy groups -OCH3 is 1. The smallest absolute Gasteiger partial charge is 0.409 e. The van der Waals surface area contributed by atoms with Crippen LogP contribution in [0.1, 0.15) is 52.0 Å². The van der Waals surface area contributed by atoms with E-state index in [4.69, 9.17) is 15.7 Å². The highest BCUT2D eigenvalue weighted by Gasteiger charge is 2.25. The number of anilines is 2. The second-order valence-corrected chi connectivity index (χ2v) is 9.40. The molecule has 0 radical (unpaired) electrons. The molecule has 2 fully saturated rings. The van der Waals surface area contributed by atoms with Crippen LogP contribution in [0.4, 0.5) is 16.2 Å². The highest BCUT2D eigenvalue weighted by atomic mass is 16.5. The third kappa shape index (κ3) is 6.37. The maximum Gasteiger partial charge on any atom is 0.409 e. The highest BCUT2D eigenvalue weighted by Crippen LogP contribution is 2.29. The van der Waals surface area contributed by atoms with Crippen LogP contribution in [-0.4, -0.2) is 68.2 Å². The van der Waals surface area contributed by atoms with Gasteiger partial charge < -0.3 is 30.9 Å². The molecule has 10 nitrogen and oxygen atoms in total. The van der Waals surface area contributed by atoms with Gasteiger partial charge in [-0.3, -0.25) is 9.59 Å². The lowest BCUT2D eigenvalue weighted by Crippen LogP contribution is -2.49. The van der Waals surface area contributed by atoms with Crippen LogP contribution in [0.2, 0.25) is 0 Å². The van der Waals surface area contributed by atoms with Gasteiger partial charge in [0.25, 0.3) is 11.8 Å². The van der Waals surface area contributed by atoms with Crippen molar-refractivity contribution in [1.29, 1.82) is 5.26 Å². The summed E-state index contributed by atoms with van der Waals surface area (Å²) < 4.78 is 4.82. The minimum Gasteiger partial charge on any atom is -0.453 e. The van der Waals surface area contributed by atoms with Crippen molar-refractivity contribution in [3.8, 4) is 6.07 Å². The molecule has 10 heteroatoms. The number of hydrogen-bond acceptors (Lipinski definition) is 7. The summed E-state index contributed by atoms with van der Waals surface area (Å²) >= 11 is 0. The lowest BCUT2D eigenvalue weighted by molar-refractivity contribution is 0.0924. The highest BCUT2D eigenvalue weighted by molar-refractivity contribution is 6.07. The second kappa shape index (κ2) is 11.8. The predicted molar refractivity (Wildman–Crippen MR) is 139 cm³/mol. The van der Waals surface area contributed by atoms with Crippen LogP contribution in [0.15, 0.2) is 42.5 Å².